The van der Waals surface area contributed by atoms with Crippen LogP contribution in [0.3, 0.4) is 0 Å². The Bertz CT molecular complexity index is 1030. The molecule has 28 heavy (non-hydrogen) atoms. The van der Waals surface area contributed by atoms with E-state index < -0.39 is 0 Å². The second-order valence-electron chi connectivity index (χ2n) is 5.74. The van der Waals surface area contributed by atoms with Crippen molar-refractivity contribution in [1.29, 1.82) is 0 Å². The van der Waals surface area contributed by atoms with Gasteiger partial charge in [0.15, 0.2) is 22.5 Å². The maximum Gasteiger partial charge on any atom is 0.236 e. The van der Waals surface area contributed by atoms with E-state index in [1.54, 1.807) is 6.08 Å². The first-order chi connectivity index (χ1) is 13.6. The molecule has 0 bridgehead atoms. The lowest BCUT2D eigenvalue weighted by Crippen LogP contribution is -2.14. The molecule has 1 N–H and O–H groups in total. The quantitative estimate of drug-likeness (QED) is 0.463. The Morgan fingerprint density at radius 3 is 2.96 bits per heavy atom. The number of allylic oxidation sites excluding steroid dienone is 1. The number of anilines is 1. The lowest BCUT2D eigenvalue weighted by molar-refractivity contribution is -0.113. The van der Waals surface area contributed by atoms with Gasteiger partial charge in [-0.2, -0.15) is 0 Å². The van der Waals surface area contributed by atoms with Gasteiger partial charge in [-0.15, -0.1) is 27.0 Å². The molecule has 3 aromatic rings. The maximum atomic E-state index is 12.2. The van der Waals surface area contributed by atoms with Gasteiger partial charge in [-0.25, -0.2) is 0 Å². The molecule has 1 amide bonds. The molecule has 1 aliphatic heterocycles. The number of carbonyl (C=O) groups excluding carboxylic acids is 1. The molecule has 1 aliphatic rings. The van der Waals surface area contributed by atoms with Crippen LogP contribution >= 0.6 is 23.1 Å². The summed E-state index contributed by atoms with van der Waals surface area (Å²) >= 11 is 2.62. The van der Waals surface area contributed by atoms with Crippen molar-refractivity contribution in [3.8, 4) is 22.9 Å². The van der Waals surface area contributed by atoms with Gasteiger partial charge < -0.3 is 9.47 Å². The van der Waals surface area contributed by atoms with E-state index in [0.717, 1.165) is 10.6 Å². The van der Waals surface area contributed by atoms with E-state index in [-0.39, 0.29) is 18.5 Å². The van der Waals surface area contributed by atoms with Crippen LogP contribution in [0.4, 0.5) is 5.13 Å². The van der Waals surface area contributed by atoms with Crippen molar-refractivity contribution in [2.24, 2.45) is 0 Å². The fraction of sp³-hybridized carbons (Fsp3) is 0.235. The van der Waals surface area contributed by atoms with Gasteiger partial charge in [-0.05, 0) is 25.1 Å². The Labute approximate surface area is 168 Å². The molecule has 0 saturated heterocycles. The molecule has 9 nitrogen and oxygen atoms in total. The zero-order chi connectivity index (χ0) is 19.5. The summed E-state index contributed by atoms with van der Waals surface area (Å²) in [5.41, 5.74) is 0.847. The lowest BCUT2D eigenvalue weighted by Gasteiger charge is -2.08. The molecule has 144 valence electrons. The highest BCUT2D eigenvalue weighted by Gasteiger charge is 2.19. The third kappa shape index (κ3) is 3.85. The van der Waals surface area contributed by atoms with Gasteiger partial charge in [0.05, 0.1) is 5.75 Å². The molecule has 0 radical (unpaired) electrons. The molecule has 11 heteroatoms. The summed E-state index contributed by atoms with van der Waals surface area (Å²) in [7, 11) is 0. The van der Waals surface area contributed by atoms with Crippen LogP contribution in [0.1, 0.15) is 5.01 Å². The molecule has 1 aromatic carbocycles. The Morgan fingerprint density at radius 1 is 1.32 bits per heavy atom. The predicted octanol–water partition coefficient (Wildman–Crippen LogP) is 2.75. The molecule has 0 spiro atoms. The fourth-order valence-electron chi connectivity index (χ4n) is 2.57. The van der Waals surface area contributed by atoms with E-state index in [2.05, 4.69) is 32.3 Å². The van der Waals surface area contributed by atoms with Crippen molar-refractivity contribution in [2.45, 2.75) is 18.6 Å². The molecule has 0 fully saturated rings. The standard InChI is InChI=1S/C17H16N6O3S2/c1-3-6-23-15(11-4-5-12-13(7-11)26-9-25-12)20-22-17(23)27-8-14(24)18-16-21-19-10(2)28-16/h3-5,7H,1,6,8-9H2,2H3,(H,18,21,24). The van der Waals surface area contributed by atoms with Gasteiger partial charge >= 0.3 is 0 Å². The number of benzene rings is 1. The van der Waals surface area contributed by atoms with Gasteiger partial charge in [0.1, 0.15) is 5.01 Å². The van der Waals surface area contributed by atoms with Gasteiger partial charge in [0.2, 0.25) is 17.8 Å². The van der Waals surface area contributed by atoms with Gasteiger partial charge in [-0.3, -0.25) is 14.7 Å². The summed E-state index contributed by atoms with van der Waals surface area (Å²) in [6, 6.07) is 5.61. The van der Waals surface area contributed by atoms with Crippen molar-refractivity contribution < 1.29 is 14.3 Å². The summed E-state index contributed by atoms with van der Waals surface area (Å²) < 4.78 is 12.7. The molecular weight excluding hydrogens is 400 g/mol. The Morgan fingerprint density at radius 2 is 2.18 bits per heavy atom. The highest BCUT2D eigenvalue weighted by atomic mass is 32.2. The van der Waals surface area contributed by atoms with E-state index in [1.807, 2.05) is 29.7 Å². The highest BCUT2D eigenvalue weighted by molar-refractivity contribution is 7.99. The molecule has 0 unspecified atom stereocenters. The number of ether oxygens (including phenoxy) is 2. The smallest absolute Gasteiger partial charge is 0.236 e. The zero-order valence-electron chi connectivity index (χ0n) is 14.9. The molecule has 0 atom stereocenters. The van der Waals surface area contributed by atoms with Crippen LogP contribution in [-0.2, 0) is 11.3 Å². The average Bonchev–Trinajstić information content (AvgIpc) is 3.40. The number of aryl methyl sites for hydroxylation is 1. The van der Waals surface area contributed by atoms with Crippen LogP contribution in [0, 0.1) is 6.92 Å². The van der Waals surface area contributed by atoms with E-state index in [1.165, 1.54) is 23.1 Å². The summed E-state index contributed by atoms with van der Waals surface area (Å²) in [5.74, 6) is 2.04. The van der Waals surface area contributed by atoms with Crippen LogP contribution in [0.2, 0.25) is 0 Å². The van der Waals surface area contributed by atoms with E-state index in [0.29, 0.717) is 34.2 Å². The largest absolute Gasteiger partial charge is 0.454 e. The molecule has 3 heterocycles. The number of hydrogen-bond acceptors (Lipinski definition) is 9. The molecule has 0 saturated carbocycles. The highest BCUT2D eigenvalue weighted by Crippen LogP contribution is 2.36. The first-order valence-corrected chi connectivity index (χ1v) is 10.1. The maximum absolute atomic E-state index is 12.2. The van der Waals surface area contributed by atoms with Crippen LogP contribution in [0.25, 0.3) is 11.4 Å². The number of fused-ring (bicyclic) bond motifs is 1. The minimum atomic E-state index is -0.182. The number of rotatable bonds is 7. The normalized spacial score (nSPS) is 12.2. The Balaban J connectivity index is 1.50. The monoisotopic (exact) mass is 416 g/mol. The van der Waals surface area contributed by atoms with Gasteiger partial charge in [-0.1, -0.05) is 29.2 Å². The van der Waals surface area contributed by atoms with Crippen molar-refractivity contribution >= 4 is 34.1 Å². The average molecular weight is 416 g/mol. The number of carbonyl (C=O) groups is 1. The van der Waals surface area contributed by atoms with Crippen LogP contribution < -0.4 is 14.8 Å². The summed E-state index contributed by atoms with van der Waals surface area (Å²) in [6.45, 7) is 6.35. The second kappa shape index (κ2) is 7.98. The topological polar surface area (TPSA) is 104 Å². The second-order valence-corrected chi connectivity index (χ2v) is 7.86. The lowest BCUT2D eigenvalue weighted by atomic mass is 10.2. The van der Waals surface area contributed by atoms with Crippen LogP contribution in [0.5, 0.6) is 11.5 Å². The Kier molecular flexibility index (Phi) is 5.26. The summed E-state index contributed by atoms with van der Waals surface area (Å²) in [6.07, 6.45) is 1.76. The number of nitrogens with zero attached hydrogens (tertiary/aromatic N) is 5. The van der Waals surface area contributed by atoms with Gasteiger partial charge in [0.25, 0.3) is 0 Å². The van der Waals surface area contributed by atoms with Crippen molar-refractivity contribution in [2.75, 3.05) is 17.9 Å². The third-order valence-corrected chi connectivity index (χ3v) is 5.48. The van der Waals surface area contributed by atoms with Crippen molar-refractivity contribution in [1.82, 2.24) is 25.0 Å². The van der Waals surface area contributed by atoms with Crippen molar-refractivity contribution in [3.05, 3.63) is 35.9 Å². The fourth-order valence-corrected chi connectivity index (χ4v) is 3.93. The van der Waals surface area contributed by atoms with Crippen LogP contribution in [-0.4, -0.2) is 43.4 Å². The zero-order valence-corrected chi connectivity index (χ0v) is 16.5. The summed E-state index contributed by atoms with van der Waals surface area (Å²) in [4.78, 5) is 12.2. The Hall–Kier alpha value is -2.92. The summed E-state index contributed by atoms with van der Waals surface area (Å²) in [5, 5.41) is 20.9. The number of thioether (sulfide) groups is 1. The van der Waals surface area contributed by atoms with E-state index >= 15 is 0 Å². The minimum absolute atomic E-state index is 0.176. The number of hydrogen-bond donors (Lipinski definition) is 1. The molecule has 2 aromatic heterocycles. The minimum Gasteiger partial charge on any atom is -0.454 e. The molecular formula is C17H16N6O3S2. The van der Waals surface area contributed by atoms with Gasteiger partial charge in [0, 0.05) is 12.1 Å². The first-order valence-electron chi connectivity index (χ1n) is 8.31. The number of aromatic nitrogens is 5. The predicted molar refractivity (Wildman–Crippen MR) is 106 cm³/mol. The number of nitrogens with one attached hydrogen (secondary N) is 1. The SMILES string of the molecule is C=CCn1c(SCC(=O)Nc2nnc(C)s2)nnc1-c1ccc2c(c1)OCO2. The van der Waals surface area contributed by atoms with E-state index in [4.69, 9.17) is 9.47 Å². The molecule has 0 aliphatic carbocycles. The first kappa shape index (κ1) is 18.4. The van der Waals surface area contributed by atoms with Crippen LogP contribution in [0.15, 0.2) is 36.0 Å². The number of amides is 1. The van der Waals surface area contributed by atoms with Crippen molar-refractivity contribution in [3.63, 3.8) is 0 Å². The third-order valence-electron chi connectivity index (χ3n) is 3.76. The van der Waals surface area contributed by atoms with E-state index in [9.17, 15) is 4.79 Å². The molecule has 4 rings (SSSR count).